The van der Waals surface area contributed by atoms with Gasteiger partial charge in [0.15, 0.2) is 0 Å². The van der Waals surface area contributed by atoms with Crippen molar-refractivity contribution in [1.29, 1.82) is 0 Å². The summed E-state index contributed by atoms with van der Waals surface area (Å²) in [5.74, 6) is 0.359. The first-order valence-electron chi connectivity index (χ1n) is 6.06. The Hall–Kier alpha value is -1.27. The fourth-order valence-corrected chi connectivity index (χ4v) is 2.84. The lowest BCUT2D eigenvalue weighted by Gasteiger charge is -2.12. The zero-order valence-electron chi connectivity index (χ0n) is 11.2. The summed E-state index contributed by atoms with van der Waals surface area (Å²) >= 11 is 1.40. The van der Waals surface area contributed by atoms with E-state index in [-0.39, 0.29) is 6.04 Å². The molecule has 0 saturated heterocycles. The second-order valence-electron chi connectivity index (χ2n) is 4.89. The molecular formula is C12H19N5S. The summed E-state index contributed by atoms with van der Waals surface area (Å²) in [5, 5.41) is 8.51. The van der Waals surface area contributed by atoms with Crippen LogP contribution in [0.15, 0.2) is 6.07 Å². The van der Waals surface area contributed by atoms with E-state index in [0.717, 1.165) is 28.4 Å². The molecule has 0 fully saturated rings. The number of hydrogen-bond acceptors (Lipinski definition) is 5. The summed E-state index contributed by atoms with van der Waals surface area (Å²) in [7, 11) is 1.95. The fourth-order valence-electron chi connectivity index (χ4n) is 2.04. The molecule has 18 heavy (non-hydrogen) atoms. The Morgan fingerprint density at radius 3 is 2.72 bits per heavy atom. The van der Waals surface area contributed by atoms with E-state index in [2.05, 4.69) is 34.6 Å². The zero-order valence-corrected chi connectivity index (χ0v) is 12.0. The molecule has 0 amide bonds. The average molecular weight is 265 g/mol. The van der Waals surface area contributed by atoms with Gasteiger partial charge < -0.3 is 5.73 Å². The van der Waals surface area contributed by atoms with Crippen LogP contribution in [0.3, 0.4) is 0 Å². The van der Waals surface area contributed by atoms with Crippen LogP contribution in [0.1, 0.15) is 47.8 Å². The van der Waals surface area contributed by atoms with Crippen LogP contribution < -0.4 is 5.73 Å². The molecule has 6 heteroatoms. The minimum atomic E-state index is -0.0581. The topological polar surface area (TPSA) is 69.6 Å². The summed E-state index contributed by atoms with van der Waals surface area (Å²) in [5.41, 5.74) is 9.46. The minimum absolute atomic E-state index is 0.0581. The first-order valence-corrected chi connectivity index (χ1v) is 6.83. The van der Waals surface area contributed by atoms with Crippen molar-refractivity contribution in [2.45, 2.75) is 39.2 Å². The van der Waals surface area contributed by atoms with Gasteiger partial charge >= 0.3 is 0 Å². The minimum Gasteiger partial charge on any atom is -0.323 e. The van der Waals surface area contributed by atoms with Crippen LogP contribution >= 0.6 is 11.5 Å². The summed E-state index contributed by atoms with van der Waals surface area (Å²) in [4.78, 5) is 1.09. The van der Waals surface area contributed by atoms with E-state index in [4.69, 9.17) is 5.73 Å². The van der Waals surface area contributed by atoms with Gasteiger partial charge in [0.2, 0.25) is 0 Å². The van der Waals surface area contributed by atoms with Crippen molar-refractivity contribution in [3.8, 4) is 0 Å². The molecule has 0 aliphatic carbocycles. The predicted molar refractivity (Wildman–Crippen MR) is 72.6 cm³/mol. The molecule has 5 nitrogen and oxygen atoms in total. The highest BCUT2D eigenvalue weighted by molar-refractivity contribution is 7.05. The molecule has 1 unspecified atom stereocenters. The molecule has 0 radical (unpaired) electrons. The van der Waals surface area contributed by atoms with E-state index >= 15 is 0 Å². The van der Waals surface area contributed by atoms with Crippen molar-refractivity contribution in [1.82, 2.24) is 19.4 Å². The lowest BCUT2D eigenvalue weighted by molar-refractivity contribution is 0.636. The summed E-state index contributed by atoms with van der Waals surface area (Å²) in [6.07, 6.45) is 0.765. The van der Waals surface area contributed by atoms with E-state index < -0.39 is 0 Å². The third kappa shape index (κ3) is 2.59. The van der Waals surface area contributed by atoms with E-state index in [1.54, 1.807) is 0 Å². The molecule has 98 valence electrons. The molecular weight excluding hydrogens is 246 g/mol. The summed E-state index contributed by atoms with van der Waals surface area (Å²) in [6, 6.07) is 2.01. The summed E-state index contributed by atoms with van der Waals surface area (Å²) in [6.45, 7) is 6.21. The molecule has 2 N–H and O–H groups in total. The molecule has 0 spiro atoms. The Balaban J connectivity index is 2.19. The number of hydrogen-bond donors (Lipinski definition) is 1. The second-order valence-corrected chi connectivity index (χ2v) is 5.67. The Morgan fingerprint density at radius 1 is 1.44 bits per heavy atom. The Kier molecular flexibility index (Phi) is 3.77. The predicted octanol–water partition coefficient (Wildman–Crippen LogP) is 1.95. The van der Waals surface area contributed by atoms with Crippen molar-refractivity contribution in [3.63, 3.8) is 0 Å². The highest BCUT2D eigenvalue weighted by Gasteiger charge is 2.19. The molecule has 2 aromatic heterocycles. The summed E-state index contributed by atoms with van der Waals surface area (Å²) < 4.78 is 5.91. The Bertz CT molecular complexity index is 528. The van der Waals surface area contributed by atoms with E-state index in [9.17, 15) is 0 Å². The molecule has 0 aromatic carbocycles. The average Bonchev–Trinajstić information content (AvgIpc) is 2.86. The Morgan fingerprint density at radius 2 is 2.17 bits per heavy atom. The van der Waals surface area contributed by atoms with Gasteiger partial charge in [-0.3, -0.25) is 4.68 Å². The molecule has 1 atom stereocenters. The number of nitrogens with two attached hydrogens (primary N) is 1. The van der Waals surface area contributed by atoms with Gasteiger partial charge in [-0.15, -0.1) is 5.10 Å². The standard InChI is InChI=1S/C12H19N5S/c1-7(2)11-12(18-16-14-11)10(13)6-9-5-8(3)15-17(9)4/h5,7,10H,6,13H2,1-4H3. The third-order valence-electron chi connectivity index (χ3n) is 2.95. The van der Waals surface area contributed by atoms with Crippen LogP contribution in [0.2, 0.25) is 0 Å². The SMILES string of the molecule is Cc1cc(CC(N)c2snnc2C(C)C)n(C)n1. The van der Waals surface area contributed by atoms with Crippen molar-refractivity contribution in [2.24, 2.45) is 12.8 Å². The lowest BCUT2D eigenvalue weighted by atomic mass is 10.0. The first-order chi connectivity index (χ1) is 8.49. The van der Waals surface area contributed by atoms with Crippen LogP contribution in [0.25, 0.3) is 0 Å². The number of aryl methyl sites for hydroxylation is 2. The smallest absolute Gasteiger partial charge is 0.0829 e. The zero-order chi connectivity index (χ0) is 13.3. The van der Waals surface area contributed by atoms with Gasteiger partial charge in [0.1, 0.15) is 0 Å². The lowest BCUT2D eigenvalue weighted by Crippen LogP contribution is -2.16. The maximum atomic E-state index is 6.28. The molecule has 2 aromatic rings. The number of aromatic nitrogens is 4. The molecule has 2 rings (SSSR count). The van der Waals surface area contributed by atoms with Gasteiger partial charge in [-0.25, -0.2) is 0 Å². The Labute approximate surface area is 111 Å². The van der Waals surface area contributed by atoms with Gasteiger partial charge in [0.05, 0.1) is 16.3 Å². The third-order valence-corrected chi connectivity index (χ3v) is 3.82. The van der Waals surface area contributed by atoms with E-state index in [1.165, 1.54) is 11.5 Å². The number of rotatable bonds is 4. The van der Waals surface area contributed by atoms with E-state index in [0.29, 0.717) is 5.92 Å². The van der Waals surface area contributed by atoms with Crippen molar-refractivity contribution in [2.75, 3.05) is 0 Å². The largest absolute Gasteiger partial charge is 0.323 e. The van der Waals surface area contributed by atoms with Crippen LogP contribution in [-0.4, -0.2) is 19.4 Å². The normalized spacial score (nSPS) is 13.2. The van der Waals surface area contributed by atoms with Crippen molar-refractivity contribution in [3.05, 3.63) is 28.0 Å². The maximum absolute atomic E-state index is 6.28. The van der Waals surface area contributed by atoms with Crippen LogP contribution in [-0.2, 0) is 13.5 Å². The van der Waals surface area contributed by atoms with Crippen LogP contribution in [0.5, 0.6) is 0 Å². The quantitative estimate of drug-likeness (QED) is 0.917. The molecule has 0 aliphatic rings. The fraction of sp³-hybridized carbons (Fsp3) is 0.583. The molecule has 2 heterocycles. The second kappa shape index (κ2) is 5.16. The molecule has 0 bridgehead atoms. The van der Waals surface area contributed by atoms with E-state index in [1.807, 2.05) is 18.7 Å². The first kappa shape index (κ1) is 13.2. The maximum Gasteiger partial charge on any atom is 0.0829 e. The monoisotopic (exact) mass is 265 g/mol. The molecule has 0 saturated carbocycles. The van der Waals surface area contributed by atoms with Gasteiger partial charge in [-0.2, -0.15) is 5.10 Å². The van der Waals surface area contributed by atoms with Gasteiger partial charge in [0.25, 0.3) is 0 Å². The highest BCUT2D eigenvalue weighted by Crippen LogP contribution is 2.26. The van der Waals surface area contributed by atoms with Gasteiger partial charge in [-0.05, 0) is 30.4 Å². The van der Waals surface area contributed by atoms with Gasteiger partial charge in [0, 0.05) is 25.2 Å². The molecule has 0 aliphatic heterocycles. The number of nitrogens with zero attached hydrogens (tertiary/aromatic N) is 4. The van der Waals surface area contributed by atoms with Crippen LogP contribution in [0.4, 0.5) is 0 Å². The van der Waals surface area contributed by atoms with Gasteiger partial charge in [-0.1, -0.05) is 18.3 Å². The van der Waals surface area contributed by atoms with Crippen LogP contribution in [0, 0.1) is 6.92 Å². The highest BCUT2D eigenvalue weighted by atomic mass is 32.1. The van der Waals surface area contributed by atoms with Crippen molar-refractivity contribution >= 4 is 11.5 Å². The van der Waals surface area contributed by atoms with Crippen molar-refractivity contribution < 1.29 is 0 Å².